The Balaban J connectivity index is 1.06. The monoisotopic (exact) mass is 715 g/mol. The van der Waals surface area contributed by atoms with Crippen LogP contribution in [-0.4, -0.2) is 72.9 Å². The maximum Gasteiger partial charge on any atom is 0.407 e. The van der Waals surface area contributed by atoms with E-state index in [1.165, 1.54) is 7.11 Å². The Hall–Kier alpha value is -5.65. The van der Waals surface area contributed by atoms with E-state index >= 15 is 0 Å². The van der Waals surface area contributed by atoms with Crippen LogP contribution in [0.1, 0.15) is 88.6 Å². The second-order valence-corrected chi connectivity index (χ2v) is 14.5. The maximum absolute atomic E-state index is 13.4. The van der Waals surface area contributed by atoms with Crippen LogP contribution < -0.4 is 10.1 Å². The fourth-order valence-electron chi connectivity index (χ4n) is 8.47. The molecule has 5 heterocycles. The molecule has 53 heavy (non-hydrogen) atoms. The molecule has 0 radical (unpaired) electrons. The first-order valence-corrected chi connectivity index (χ1v) is 18.6. The van der Waals surface area contributed by atoms with Crippen molar-refractivity contribution in [2.24, 2.45) is 0 Å². The van der Waals surface area contributed by atoms with Crippen LogP contribution in [0.15, 0.2) is 61.3 Å². The molecule has 2 unspecified atom stereocenters. The summed E-state index contributed by atoms with van der Waals surface area (Å²) in [5, 5.41) is 4.69. The molecule has 8 rings (SSSR count). The first-order chi connectivity index (χ1) is 25.7. The number of carbonyl (C=O) groups excluding carboxylic acids is 3. The summed E-state index contributed by atoms with van der Waals surface area (Å²) in [7, 11) is 1.28. The number of likely N-dealkylation sites (tertiary alicyclic amines) is 2. The van der Waals surface area contributed by atoms with Crippen molar-refractivity contribution < 1.29 is 23.9 Å². The van der Waals surface area contributed by atoms with Gasteiger partial charge in [-0.25, -0.2) is 14.8 Å². The Morgan fingerprint density at radius 1 is 1.04 bits per heavy atom. The van der Waals surface area contributed by atoms with E-state index in [0.29, 0.717) is 13.0 Å². The molecule has 5 atom stereocenters. The van der Waals surface area contributed by atoms with Crippen LogP contribution in [0.25, 0.3) is 44.2 Å². The largest absolute Gasteiger partial charge is 0.488 e. The number of hydrogen-bond donors (Lipinski definition) is 3. The van der Waals surface area contributed by atoms with E-state index in [4.69, 9.17) is 19.4 Å². The lowest BCUT2D eigenvalue weighted by molar-refractivity contribution is -0.136. The van der Waals surface area contributed by atoms with Crippen molar-refractivity contribution in [2.75, 3.05) is 7.11 Å². The Labute approximate surface area is 308 Å². The lowest BCUT2D eigenvalue weighted by Crippen LogP contribution is -2.48. The number of alkyl carbamates (subject to hydrolysis) is 1. The lowest BCUT2D eigenvalue weighted by atomic mass is 9.92. The highest BCUT2D eigenvalue weighted by atomic mass is 16.5. The summed E-state index contributed by atoms with van der Waals surface area (Å²) < 4.78 is 11.1. The standard InChI is InChI=1S/C41H45N7O5/c1-6-8-36(49)48-27(7-2)12-16-34(48)39-44-31-14-11-24-18-30-28-13-10-25(17-26(28)21-53-35(30)19-29(24)37(31)46-39)32-20-42-38(45-32)33-15-9-22(3)47(33)40(50)23(4)43-41(51)52-5/h7,10-11,13-14,17-20,22-23,27,33-34H,2,6,8-9,12,15-16,21H2,1,3-5H3,(H,42,45)(H,43,51)(H,44,46)/t22-,23-,27-,33?,34?/m0/s1. The molecule has 5 aromatic rings. The highest BCUT2D eigenvalue weighted by Gasteiger charge is 2.40. The van der Waals surface area contributed by atoms with Gasteiger partial charge in [-0.2, -0.15) is 0 Å². The second-order valence-electron chi connectivity index (χ2n) is 14.5. The van der Waals surface area contributed by atoms with Crippen molar-refractivity contribution in [2.45, 2.75) is 96.1 Å². The number of benzene rings is 3. The zero-order valence-electron chi connectivity index (χ0n) is 30.6. The van der Waals surface area contributed by atoms with Crippen molar-refractivity contribution in [3.05, 3.63) is 78.5 Å². The smallest absolute Gasteiger partial charge is 0.407 e. The molecule has 3 amide bonds. The van der Waals surface area contributed by atoms with Gasteiger partial charge in [0, 0.05) is 23.4 Å². The molecule has 12 heteroatoms. The third kappa shape index (κ3) is 5.99. The van der Waals surface area contributed by atoms with Crippen LogP contribution in [0.3, 0.4) is 0 Å². The van der Waals surface area contributed by atoms with Crippen molar-refractivity contribution in [1.29, 1.82) is 0 Å². The summed E-state index contributed by atoms with van der Waals surface area (Å²) in [6.45, 7) is 10.1. The molecule has 12 nitrogen and oxygen atoms in total. The van der Waals surface area contributed by atoms with Gasteiger partial charge >= 0.3 is 6.09 Å². The summed E-state index contributed by atoms with van der Waals surface area (Å²) in [6, 6.07) is 13.8. The summed E-state index contributed by atoms with van der Waals surface area (Å²) in [6.07, 6.45) is 7.70. The van der Waals surface area contributed by atoms with E-state index in [2.05, 4.69) is 58.3 Å². The number of nitrogens with one attached hydrogen (secondary N) is 3. The van der Waals surface area contributed by atoms with Crippen molar-refractivity contribution in [3.63, 3.8) is 0 Å². The van der Waals surface area contributed by atoms with Gasteiger partial charge in [-0.3, -0.25) is 9.59 Å². The molecule has 3 aromatic carbocycles. The lowest BCUT2D eigenvalue weighted by Gasteiger charge is -2.30. The molecule has 2 saturated heterocycles. The highest BCUT2D eigenvalue weighted by Crippen LogP contribution is 2.44. The Morgan fingerprint density at radius 3 is 2.64 bits per heavy atom. The highest BCUT2D eigenvalue weighted by molar-refractivity contribution is 6.07. The number of aromatic nitrogens is 4. The van der Waals surface area contributed by atoms with Gasteiger partial charge in [-0.05, 0) is 92.3 Å². The van der Waals surface area contributed by atoms with Gasteiger partial charge in [0.05, 0.1) is 48.2 Å². The van der Waals surface area contributed by atoms with E-state index in [-0.39, 0.29) is 36.0 Å². The first-order valence-electron chi connectivity index (χ1n) is 18.6. The number of methoxy groups -OCH3 is 1. The minimum absolute atomic E-state index is 0.00962. The van der Waals surface area contributed by atoms with Gasteiger partial charge in [-0.15, -0.1) is 6.58 Å². The van der Waals surface area contributed by atoms with Crippen LogP contribution in [0.4, 0.5) is 4.79 Å². The predicted molar refractivity (Wildman–Crippen MR) is 202 cm³/mol. The quantitative estimate of drug-likeness (QED) is 0.141. The Kier molecular flexibility index (Phi) is 8.92. The number of H-pyrrole nitrogens is 2. The average Bonchev–Trinajstić information content (AvgIpc) is 3.98. The SMILES string of the molecule is C=C[C@H]1CCC(c2nc3ccc4cc5c(cc4c3[nH]2)OCc2cc(-c3cnc(C4CC[C@H](C)N4C(=O)[C@H](C)NC(=O)OC)[nH]3)ccc2-5)N1C(=O)CCC. The minimum atomic E-state index is -0.723. The Morgan fingerprint density at radius 2 is 1.85 bits per heavy atom. The predicted octanol–water partition coefficient (Wildman–Crippen LogP) is 7.48. The molecule has 3 aliphatic heterocycles. The van der Waals surface area contributed by atoms with Gasteiger partial charge in [0.2, 0.25) is 11.8 Å². The molecule has 274 valence electrons. The number of rotatable bonds is 8. The fourth-order valence-corrected chi connectivity index (χ4v) is 8.47. The molecule has 0 bridgehead atoms. The molecule has 2 fully saturated rings. The van der Waals surface area contributed by atoms with Gasteiger partial charge in [0.15, 0.2) is 0 Å². The number of hydrogen-bond acceptors (Lipinski definition) is 7. The summed E-state index contributed by atoms with van der Waals surface area (Å²) in [5.74, 6) is 2.32. The first kappa shape index (κ1) is 34.4. The number of fused-ring (bicyclic) bond motifs is 6. The number of imidazole rings is 2. The van der Waals surface area contributed by atoms with Crippen LogP contribution in [0.2, 0.25) is 0 Å². The summed E-state index contributed by atoms with van der Waals surface area (Å²) in [4.78, 5) is 58.9. The van der Waals surface area contributed by atoms with Crippen LogP contribution in [0.5, 0.6) is 5.75 Å². The van der Waals surface area contributed by atoms with E-state index in [0.717, 1.165) is 99.3 Å². The van der Waals surface area contributed by atoms with Crippen LogP contribution in [-0.2, 0) is 20.9 Å². The zero-order valence-corrected chi connectivity index (χ0v) is 30.6. The third-order valence-electron chi connectivity index (χ3n) is 11.2. The van der Waals surface area contributed by atoms with E-state index in [1.54, 1.807) is 6.92 Å². The number of aromatic amines is 2. The third-order valence-corrected chi connectivity index (χ3v) is 11.2. The Bertz CT molecular complexity index is 2260. The topological polar surface area (TPSA) is 146 Å². The van der Waals surface area contributed by atoms with E-state index < -0.39 is 12.1 Å². The molecular weight excluding hydrogens is 670 g/mol. The van der Waals surface area contributed by atoms with Gasteiger partial charge in [-0.1, -0.05) is 31.2 Å². The summed E-state index contributed by atoms with van der Waals surface area (Å²) in [5.41, 5.74) is 6.85. The van der Waals surface area contributed by atoms with Crippen molar-refractivity contribution >= 4 is 39.7 Å². The fraction of sp³-hybridized carbons (Fsp3) is 0.390. The summed E-state index contributed by atoms with van der Waals surface area (Å²) >= 11 is 0. The van der Waals surface area contributed by atoms with Crippen LogP contribution in [0, 0.1) is 0 Å². The molecule has 0 saturated carbocycles. The van der Waals surface area contributed by atoms with E-state index in [1.807, 2.05) is 42.0 Å². The molecule has 2 aromatic heterocycles. The second kappa shape index (κ2) is 13.7. The van der Waals surface area contributed by atoms with Crippen molar-refractivity contribution in [1.82, 2.24) is 35.1 Å². The average molecular weight is 716 g/mol. The molecule has 3 N–H and O–H groups in total. The molecule has 0 spiro atoms. The van der Waals surface area contributed by atoms with Crippen LogP contribution >= 0.6 is 0 Å². The molecule has 3 aliphatic rings. The normalized spacial score (nSPS) is 21.3. The van der Waals surface area contributed by atoms with E-state index in [9.17, 15) is 14.4 Å². The maximum atomic E-state index is 13.4. The zero-order chi connectivity index (χ0) is 37.0. The minimum Gasteiger partial charge on any atom is -0.488 e. The number of nitrogens with zero attached hydrogens (tertiary/aromatic N) is 4. The number of carbonyl (C=O) groups is 3. The van der Waals surface area contributed by atoms with Gasteiger partial charge < -0.3 is 34.6 Å². The number of ether oxygens (including phenoxy) is 2. The van der Waals surface area contributed by atoms with Gasteiger partial charge in [0.25, 0.3) is 0 Å². The van der Waals surface area contributed by atoms with Gasteiger partial charge in [0.1, 0.15) is 30.0 Å². The number of amides is 3. The van der Waals surface area contributed by atoms with Crippen molar-refractivity contribution in [3.8, 4) is 28.1 Å². The molecule has 0 aliphatic carbocycles. The molecular formula is C41H45N7O5.